The molecule has 0 atom stereocenters. The van der Waals surface area contributed by atoms with Gasteiger partial charge in [-0.25, -0.2) is 4.98 Å². The zero-order valence-corrected chi connectivity index (χ0v) is 19.4. The van der Waals surface area contributed by atoms with Crippen LogP contribution < -0.4 is 15.0 Å². The third-order valence-electron chi connectivity index (χ3n) is 5.42. The van der Waals surface area contributed by atoms with E-state index in [4.69, 9.17) is 5.73 Å². The lowest BCUT2D eigenvalue weighted by atomic mass is 10.0. The molecule has 5 rings (SSSR count). The second-order valence-corrected chi connectivity index (χ2v) is 8.38. The van der Waals surface area contributed by atoms with Gasteiger partial charge in [-0.3, -0.25) is 3.93 Å². The predicted octanol–water partition coefficient (Wildman–Crippen LogP) is 6.94. The van der Waals surface area contributed by atoms with Gasteiger partial charge in [0.05, 0.1) is 27.4 Å². The molecule has 0 saturated carbocycles. The Morgan fingerprint density at radius 3 is 2.15 bits per heavy atom. The summed E-state index contributed by atoms with van der Waals surface area (Å²) in [5.41, 5.74) is 12.3. The number of hydrogen-bond acceptors (Lipinski definition) is 5. The number of para-hydroxylation sites is 2. The molecule has 4 aromatic carbocycles. The Balaban J connectivity index is 1.44. The Bertz CT molecular complexity index is 1370. The summed E-state index contributed by atoms with van der Waals surface area (Å²) in [7, 11) is 0. The average molecular weight is 496 g/mol. The third kappa shape index (κ3) is 4.66. The molecule has 0 aliphatic rings. The van der Waals surface area contributed by atoms with Crippen LogP contribution >= 0.6 is 16.1 Å². The van der Waals surface area contributed by atoms with E-state index in [1.54, 1.807) is 0 Å². The van der Waals surface area contributed by atoms with E-state index in [0.717, 1.165) is 39.9 Å². The molecule has 0 spiro atoms. The second-order valence-electron chi connectivity index (χ2n) is 7.67. The molecular formula is C27H22BrN5. The SMILES string of the molecule is Nc1nc(N(Br)c2ccccc2)c2cc(-c3ccc(CNc4ccccc4)cc3)ccc2n1. The topological polar surface area (TPSA) is 67.1 Å². The van der Waals surface area contributed by atoms with Crippen molar-refractivity contribution in [1.29, 1.82) is 0 Å². The van der Waals surface area contributed by atoms with Gasteiger partial charge in [0.25, 0.3) is 0 Å². The second kappa shape index (κ2) is 9.30. The molecule has 1 heterocycles. The van der Waals surface area contributed by atoms with E-state index in [2.05, 4.69) is 80.0 Å². The maximum atomic E-state index is 6.00. The Morgan fingerprint density at radius 2 is 1.42 bits per heavy atom. The van der Waals surface area contributed by atoms with Gasteiger partial charge in [0.2, 0.25) is 5.95 Å². The Morgan fingerprint density at radius 1 is 0.758 bits per heavy atom. The first-order valence-corrected chi connectivity index (χ1v) is 11.3. The summed E-state index contributed by atoms with van der Waals surface area (Å²) in [6.07, 6.45) is 0. The van der Waals surface area contributed by atoms with Gasteiger partial charge < -0.3 is 11.1 Å². The molecule has 33 heavy (non-hydrogen) atoms. The molecule has 5 aromatic rings. The number of fused-ring (bicyclic) bond motifs is 1. The molecule has 5 nitrogen and oxygen atoms in total. The van der Waals surface area contributed by atoms with E-state index in [-0.39, 0.29) is 5.95 Å². The maximum Gasteiger partial charge on any atom is 0.222 e. The van der Waals surface area contributed by atoms with Crippen LogP contribution in [0.2, 0.25) is 0 Å². The molecule has 0 radical (unpaired) electrons. The van der Waals surface area contributed by atoms with Gasteiger partial charge in [-0.05, 0) is 53.1 Å². The Hall–Kier alpha value is -3.90. The van der Waals surface area contributed by atoms with Crippen LogP contribution in [-0.4, -0.2) is 9.97 Å². The highest BCUT2D eigenvalue weighted by Gasteiger charge is 2.15. The lowest BCUT2D eigenvalue weighted by Gasteiger charge is -2.18. The minimum Gasteiger partial charge on any atom is -0.381 e. The summed E-state index contributed by atoms with van der Waals surface area (Å²) in [6, 6.07) is 34.9. The highest BCUT2D eigenvalue weighted by Crippen LogP contribution is 2.35. The first kappa shape index (κ1) is 21.0. The quantitative estimate of drug-likeness (QED) is 0.249. The molecule has 0 fully saturated rings. The maximum absolute atomic E-state index is 6.00. The first-order valence-electron chi connectivity index (χ1n) is 10.6. The highest BCUT2D eigenvalue weighted by molar-refractivity contribution is 9.10. The fraction of sp³-hybridized carbons (Fsp3) is 0.0370. The Labute approximate surface area is 201 Å². The van der Waals surface area contributed by atoms with Crippen LogP contribution in [-0.2, 0) is 6.54 Å². The van der Waals surface area contributed by atoms with E-state index in [0.29, 0.717) is 5.82 Å². The molecular weight excluding hydrogens is 474 g/mol. The van der Waals surface area contributed by atoms with Gasteiger partial charge in [0.1, 0.15) is 0 Å². The minimum atomic E-state index is 0.237. The molecule has 3 N–H and O–H groups in total. The van der Waals surface area contributed by atoms with Gasteiger partial charge in [-0.1, -0.05) is 66.7 Å². The number of nitrogen functional groups attached to an aromatic ring is 1. The van der Waals surface area contributed by atoms with Crippen LogP contribution in [0.25, 0.3) is 22.0 Å². The molecule has 0 saturated heterocycles. The van der Waals surface area contributed by atoms with Crippen molar-refractivity contribution in [3.8, 4) is 11.1 Å². The molecule has 1 aromatic heterocycles. The average Bonchev–Trinajstić information content (AvgIpc) is 2.88. The summed E-state index contributed by atoms with van der Waals surface area (Å²) >= 11 is 3.66. The molecule has 0 aliphatic carbocycles. The summed E-state index contributed by atoms with van der Waals surface area (Å²) in [5, 5.41) is 4.36. The standard InChI is InChI=1S/C27H22BrN5/c28-33(23-9-5-2-6-10-23)26-24-17-21(15-16-25(24)31-27(29)32-26)20-13-11-19(12-14-20)18-30-22-7-3-1-4-8-22/h1-17,30H,18H2,(H2,29,31,32). The lowest BCUT2D eigenvalue weighted by molar-refractivity contribution is 1.15. The lowest BCUT2D eigenvalue weighted by Crippen LogP contribution is -2.07. The van der Waals surface area contributed by atoms with Crippen LogP contribution in [0.1, 0.15) is 5.56 Å². The van der Waals surface area contributed by atoms with Gasteiger partial charge in [0, 0.05) is 17.6 Å². The van der Waals surface area contributed by atoms with E-state index in [1.165, 1.54) is 5.56 Å². The predicted molar refractivity (Wildman–Crippen MR) is 141 cm³/mol. The van der Waals surface area contributed by atoms with Crippen molar-refractivity contribution >= 4 is 50.2 Å². The monoisotopic (exact) mass is 495 g/mol. The van der Waals surface area contributed by atoms with Gasteiger partial charge in [0.15, 0.2) is 5.82 Å². The minimum absolute atomic E-state index is 0.237. The summed E-state index contributed by atoms with van der Waals surface area (Å²) in [4.78, 5) is 8.94. The molecule has 6 heteroatoms. The van der Waals surface area contributed by atoms with Crippen LogP contribution in [0, 0.1) is 0 Å². The number of aromatic nitrogens is 2. The number of rotatable bonds is 6. The van der Waals surface area contributed by atoms with Crippen LogP contribution in [0.4, 0.5) is 23.1 Å². The number of nitrogens with two attached hydrogens (primary N) is 1. The van der Waals surface area contributed by atoms with E-state index in [1.807, 2.05) is 58.5 Å². The summed E-state index contributed by atoms with van der Waals surface area (Å²) < 4.78 is 1.86. The number of nitrogens with zero attached hydrogens (tertiary/aromatic N) is 3. The van der Waals surface area contributed by atoms with E-state index in [9.17, 15) is 0 Å². The summed E-state index contributed by atoms with van der Waals surface area (Å²) in [6.45, 7) is 0.773. The normalized spacial score (nSPS) is 10.8. The van der Waals surface area contributed by atoms with Gasteiger partial charge >= 0.3 is 0 Å². The van der Waals surface area contributed by atoms with Crippen molar-refractivity contribution in [2.45, 2.75) is 6.54 Å². The molecule has 0 amide bonds. The van der Waals surface area contributed by atoms with Crippen molar-refractivity contribution in [3.05, 3.63) is 109 Å². The smallest absolute Gasteiger partial charge is 0.222 e. The van der Waals surface area contributed by atoms with Crippen molar-refractivity contribution < 1.29 is 0 Å². The van der Waals surface area contributed by atoms with Gasteiger partial charge in [-0.15, -0.1) is 0 Å². The Kier molecular flexibility index (Phi) is 5.91. The fourth-order valence-corrected chi connectivity index (χ4v) is 4.22. The fourth-order valence-electron chi connectivity index (χ4n) is 3.72. The van der Waals surface area contributed by atoms with E-state index < -0.39 is 0 Å². The molecule has 0 bridgehead atoms. The number of nitrogens with one attached hydrogen (secondary N) is 1. The number of anilines is 4. The summed E-state index contributed by atoms with van der Waals surface area (Å²) in [5.74, 6) is 0.940. The molecule has 0 aliphatic heterocycles. The molecule has 0 unspecified atom stereocenters. The highest BCUT2D eigenvalue weighted by atomic mass is 79.9. The van der Waals surface area contributed by atoms with Crippen molar-refractivity contribution in [2.75, 3.05) is 15.0 Å². The third-order valence-corrected chi connectivity index (χ3v) is 6.16. The van der Waals surface area contributed by atoms with Crippen molar-refractivity contribution in [1.82, 2.24) is 9.97 Å². The number of hydrogen-bond donors (Lipinski definition) is 2. The number of halogens is 1. The zero-order chi connectivity index (χ0) is 22.6. The van der Waals surface area contributed by atoms with Crippen molar-refractivity contribution in [3.63, 3.8) is 0 Å². The van der Waals surface area contributed by atoms with E-state index >= 15 is 0 Å². The number of benzene rings is 4. The van der Waals surface area contributed by atoms with Gasteiger partial charge in [-0.2, -0.15) is 4.98 Å². The first-order chi connectivity index (χ1) is 16.2. The largest absolute Gasteiger partial charge is 0.381 e. The van der Waals surface area contributed by atoms with Crippen molar-refractivity contribution in [2.24, 2.45) is 0 Å². The van der Waals surface area contributed by atoms with Crippen LogP contribution in [0.5, 0.6) is 0 Å². The zero-order valence-electron chi connectivity index (χ0n) is 17.8. The van der Waals surface area contributed by atoms with Crippen LogP contribution in [0.15, 0.2) is 103 Å². The molecule has 162 valence electrons. The van der Waals surface area contributed by atoms with Crippen LogP contribution in [0.3, 0.4) is 0 Å².